The van der Waals surface area contributed by atoms with Gasteiger partial charge in [0.15, 0.2) is 15.6 Å². The third-order valence-corrected chi connectivity index (χ3v) is 4.44. The van der Waals surface area contributed by atoms with Crippen LogP contribution in [0.25, 0.3) is 0 Å². The van der Waals surface area contributed by atoms with Crippen molar-refractivity contribution in [1.82, 2.24) is 0 Å². The highest BCUT2D eigenvalue weighted by atomic mass is 32.2. The number of hydrogen-bond donors (Lipinski definition) is 0. The van der Waals surface area contributed by atoms with Crippen molar-refractivity contribution in [3.8, 4) is 0 Å². The quantitative estimate of drug-likeness (QED) is 0.597. The lowest BCUT2D eigenvalue weighted by atomic mass is 10.1. The van der Waals surface area contributed by atoms with Gasteiger partial charge in [-0.2, -0.15) is 0 Å². The van der Waals surface area contributed by atoms with Crippen molar-refractivity contribution in [1.29, 1.82) is 0 Å². The molecule has 0 bridgehead atoms. The van der Waals surface area contributed by atoms with Gasteiger partial charge in [-0.15, -0.1) is 0 Å². The minimum Gasteiger partial charge on any atom is -0.289 e. The number of ketones is 1. The molecule has 0 saturated carbocycles. The Labute approximate surface area is 95.7 Å². The van der Waals surface area contributed by atoms with E-state index in [2.05, 4.69) is 6.58 Å². The average Bonchev–Trinajstić information content (AvgIpc) is 2.28. The summed E-state index contributed by atoms with van der Waals surface area (Å²) in [4.78, 5) is 11.5. The minimum atomic E-state index is -3.26. The highest BCUT2D eigenvalue weighted by molar-refractivity contribution is 7.92. The van der Waals surface area contributed by atoms with Gasteiger partial charge in [-0.05, 0) is 44.2 Å². The molecule has 1 aromatic rings. The first-order valence-corrected chi connectivity index (χ1v) is 6.45. The maximum absolute atomic E-state index is 11.8. The third-order valence-electron chi connectivity index (χ3n) is 2.27. The van der Waals surface area contributed by atoms with Gasteiger partial charge in [0, 0.05) is 5.56 Å². The lowest BCUT2D eigenvalue weighted by Crippen LogP contribution is -2.14. The fourth-order valence-corrected chi connectivity index (χ4v) is 2.26. The van der Waals surface area contributed by atoms with Crippen LogP contribution in [0, 0.1) is 0 Å². The fraction of sp³-hybridized carbons (Fsp3) is 0.250. The van der Waals surface area contributed by atoms with E-state index in [1.807, 2.05) is 0 Å². The molecule has 16 heavy (non-hydrogen) atoms. The molecule has 1 rings (SSSR count). The Morgan fingerprint density at radius 3 is 2.12 bits per heavy atom. The van der Waals surface area contributed by atoms with Crippen molar-refractivity contribution in [3.63, 3.8) is 0 Å². The molecule has 0 heterocycles. The summed E-state index contributed by atoms with van der Waals surface area (Å²) < 4.78 is 23.6. The van der Waals surface area contributed by atoms with E-state index in [0.717, 1.165) is 0 Å². The Bertz CT molecular complexity index is 496. The topological polar surface area (TPSA) is 51.2 Å². The SMILES string of the molecule is C=CC(=O)c1ccc(S(=O)(=O)C(C)C)cc1. The zero-order chi connectivity index (χ0) is 12.3. The molecule has 0 saturated heterocycles. The molecule has 0 N–H and O–H groups in total. The van der Waals surface area contributed by atoms with Crippen LogP contribution in [0.2, 0.25) is 0 Å². The van der Waals surface area contributed by atoms with Crippen LogP contribution in [0.15, 0.2) is 41.8 Å². The molecule has 4 heteroatoms. The number of rotatable bonds is 4. The van der Waals surface area contributed by atoms with Gasteiger partial charge in [0.05, 0.1) is 10.1 Å². The maximum Gasteiger partial charge on any atom is 0.185 e. The second-order valence-corrected chi connectivity index (χ2v) is 6.19. The molecule has 0 unspecified atom stereocenters. The number of sulfone groups is 1. The van der Waals surface area contributed by atoms with Gasteiger partial charge in [0.2, 0.25) is 0 Å². The van der Waals surface area contributed by atoms with E-state index in [4.69, 9.17) is 0 Å². The Balaban J connectivity index is 3.14. The maximum atomic E-state index is 11.8. The second kappa shape index (κ2) is 4.61. The van der Waals surface area contributed by atoms with Crippen molar-refractivity contribution in [2.24, 2.45) is 0 Å². The van der Waals surface area contributed by atoms with Gasteiger partial charge < -0.3 is 0 Å². The molecule has 0 aliphatic heterocycles. The first kappa shape index (κ1) is 12.6. The molecule has 3 nitrogen and oxygen atoms in total. The summed E-state index contributed by atoms with van der Waals surface area (Å²) in [7, 11) is -3.26. The zero-order valence-corrected chi connectivity index (χ0v) is 10.1. The van der Waals surface area contributed by atoms with Crippen LogP contribution in [0.4, 0.5) is 0 Å². The molecule has 0 atom stereocenters. The lowest BCUT2D eigenvalue weighted by Gasteiger charge is -2.07. The van der Waals surface area contributed by atoms with E-state index in [-0.39, 0.29) is 10.7 Å². The predicted octanol–water partition coefficient (Wildman–Crippen LogP) is 2.24. The monoisotopic (exact) mass is 238 g/mol. The van der Waals surface area contributed by atoms with Crippen molar-refractivity contribution in [2.75, 3.05) is 0 Å². The summed E-state index contributed by atoms with van der Waals surface area (Å²) in [5.74, 6) is -0.214. The van der Waals surface area contributed by atoms with Crippen molar-refractivity contribution in [3.05, 3.63) is 42.5 Å². The van der Waals surface area contributed by atoms with Gasteiger partial charge in [-0.3, -0.25) is 4.79 Å². The van der Waals surface area contributed by atoms with E-state index in [0.29, 0.717) is 5.56 Å². The molecule has 0 fully saturated rings. The van der Waals surface area contributed by atoms with Gasteiger partial charge in [0.25, 0.3) is 0 Å². The first-order valence-electron chi connectivity index (χ1n) is 4.90. The number of carbonyl (C=O) groups is 1. The molecule has 0 aromatic heterocycles. The summed E-state index contributed by atoms with van der Waals surface area (Å²) in [5, 5.41) is -0.464. The molecule has 1 aromatic carbocycles. The van der Waals surface area contributed by atoms with Gasteiger partial charge in [-0.25, -0.2) is 8.42 Å². The molecule has 0 spiro atoms. The van der Waals surface area contributed by atoms with E-state index < -0.39 is 15.1 Å². The third kappa shape index (κ3) is 2.39. The van der Waals surface area contributed by atoms with E-state index in [1.54, 1.807) is 13.8 Å². The highest BCUT2D eigenvalue weighted by Gasteiger charge is 2.18. The number of carbonyl (C=O) groups excluding carboxylic acids is 1. The van der Waals surface area contributed by atoms with Gasteiger partial charge >= 0.3 is 0 Å². The molecule has 0 radical (unpaired) electrons. The van der Waals surface area contributed by atoms with Crippen LogP contribution in [0.3, 0.4) is 0 Å². The number of allylic oxidation sites excluding steroid dienone is 1. The normalized spacial score (nSPS) is 11.4. The fourth-order valence-electron chi connectivity index (χ4n) is 1.20. The minimum absolute atomic E-state index is 0.214. The van der Waals surface area contributed by atoms with E-state index in [1.165, 1.54) is 30.3 Å². The van der Waals surface area contributed by atoms with Crippen molar-refractivity contribution in [2.45, 2.75) is 24.0 Å². The van der Waals surface area contributed by atoms with Crippen LogP contribution in [-0.2, 0) is 9.84 Å². The van der Waals surface area contributed by atoms with E-state index >= 15 is 0 Å². The van der Waals surface area contributed by atoms with E-state index in [9.17, 15) is 13.2 Å². The summed E-state index contributed by atoms with van der Waals surface area (Å²) in [6.07, 6.45) is 1.20. The smallest absolute Gasteiger partial charge is 0.185 e. The van der Waals surface area contributed by atoms with Crippen LogP contribution in [0.5, 0.6) is 0 Å². The Kier molecular flexibility index (Phi) is 3.65. The molecule has 0 amide bonds. The molecular formula is C12H14O3S. The summed E-state index contributed by atoms with van der Waals surface area (Å²) in [5.41, 5.74) is 0.442. The average molecular weight is 238 g/mol. The summed E-state index contributed by atoms with van der Waals surface area (Å²) >= 11 is 0. The van der Waals surface area contributed by atoms with Gasteiger partial charge in [0.1, 0.15) is 0 Å². The number of hydrogen-bond acceptors (Lipinski definition) is 3. The zero-order valence-electron chi connectivity index (χ0n) is 9.30. The van der Waals surface area contributed by atoms with Crippen LogP contribution >= 0.6 is 0 Å². The number of benzene rings is 1. The largest absolute Gasteiger partial charge is 0.289 e. The highest BCUT2D eigenvalue weighted by Crippen LogP contribution is 2.16. The molecule has 86 valence electrons. The van der Waals surface area contributed by atoms with Crippen LogP contribution in [0.1, 0.15) is 24.2 Å². The predicted molar refractivity (Wildman–Crippen MR) is 63.3 cm³/mol. The van der Waals surface area contributed by atoms with Crippen LogP contribution < -0.4 is 0 Å². The van der Waals surface area contributed by atoms with Gasteiger partial charge in [-0.1, -0.05) is 6.58 Å². The molecular weight excluding hydrogens is 224 g/mol. The Morgan fingerprint density at radius 2 is 1.75 bits per heavy atom. The van der Waals surface area contributed by atoms with Crippen molar-refractivity contribution < 1.29 is 13.2 Å². The second-order valence-electron chi connectivity index (χ2n) is 3.69. The molecule has 0 aliphatic rings. The Morgan fingerprint density at radius 1 is 1.25 bits per heavy atom. The standard InChI is InChI=1S/C12H14O3S/c1-4-12(13)10-5-7-11(8-6-10)16(14,15)9(2)3/h4-9H,1H2,2-3H3. The van der Waals surface area contributed by atoms with Crippen LogP contribution in [-0.4, -0.2) is 19.5 Å². The lowest BCUT2D eigenvalue weighted by molar-refractivity contribution is 0.104. The first-order chi connectivity index (χ1) is 7.39. The summed E-state index contributed by atoms with van der Waals surface area (Å²) in [6.45, 7) is 6.61. The Hall–Kier alpha value is -1.42. The summed E-state index contributed by atoms with van der Waals surface area (Å²) in [6, 6.07) is 5.90. The molecule has 0 aliphatic carbocycles. The van der Waals surface area contributed by atoms with Crippen molar-refractivity contribution >= 4 is 15.6 Å².